The van der Waals surface area contributed by atoms with Gasteiger partial charge in [-0.25, -0.2) is 9.59 Å². The highest BCUT2D eigenvalue weighted by atomic mass is 16.6. The number of hydrogen-bond acceptors (Lipinski definition) is 8. The Morgan fingerprint density at radius 2 is 1.52 bits per heavy atom. The lowest BCUT2D eigenvalue weighted by Crippen LogP contribution is -2.40. The lowest BCUT2D eigenvalue weighted by Gasteiger charge is -2.33. The van der Waals surface area contributed by atoms with Gasteiger partial charge in [0.1, 0.15) is 5.69 Å². The van der Waals surface area contributed by atoms with E-state index in [-0.39, 0.29) is 22.8 Å². The molecule has 2 rings (SSSR count). The predicted octanol–water partition coefficient (Wildman–Crippen LogP) is 1.81. The van der Waals surface area contributed by atoms with Crippen molar-refractivity contribution >= 4 is 23.3 Å². The molecule has 0 saturated carbocycles. The number of allylic oxidation sites excluding steroid dienone is 2. The molecule has 1 aliphatic heterocycles. The van der Waals surface area contributed by atoms with Crippen molar-refractivity contribution in [3.05, 3.63) is 57.2 Å². The first-order valence-electron chi connectivity index (χ1n) is 7.22. The van der Waals surface area contributed by atoms with Gasteiger partial charge < -0.3 is 14.8 Å². The van der Waals surface area contributed by atoms with Gasteiger partial charge in [0, 0.05) is 17.5 Å². The summed E-state index contributed by atoms with van der Waals surface area (Å²) in [6, 6.07) is 5.78. The average molecular weight is 347 g/mol. The molecule has 0 bridgehead atoms. The van der Waals surface area contributed by atoms with E-state index >= 15 is 0 Å². The van der Waals surface area contributed by atoms with Gasteiger partial charge in [-0.15, -0.1) is 0 Å². The van der Waals surface area contributed by atoms with E-state index in [1.807, 2.05) is 0 Å². The zero-order valence-corrected chi connectivity index (χ0v) is 14.2. The van der Waals surface area contributed by atoms with Crippen LogP contribution >= 0.6 is 0 Å². The normalized spacial score (nSPS) is 14.2. The lowest BCUT2D eigenvalue weighted by molar-refractivity contribution is -0.384. The van der Waals surface area contributed by atoms with Gasteiger partial charge in [-0.2, -0.15) is 0 Å². The fourth-order valence-corrected chi connectivity index (χ4v) is 2.58. The predicted molar refractivity (Wildman–Crippen MR) is 88.1 cm³/mol. The highest BCUT2D eigenvalue weighted by Crippen LogP contribution is 2.37. The van der Waals surface area contributed by atoms with Crippen LogP contribution in [0.15, 0.2) is 47.1 Å². The molecule has 9 heteroatoms. The topological polar surface area (TPSA) is 111 Å². The van der Waals surface area contributed by atoms with Gasteiger partial charge >= 0.3 is 11.9 Å². The van der Waals surface area contributed by atoms with Crippen molar-refractivity contribution in [1.82, 2.24) is 5.32 Å². The second-order valence-corrected chi connectivity index (χ2v) is 5.14. The number of ether oxygens (including phenoxy) is 2. The molecule has 0 atom stereocenters. The molecule has 0 amide bonds. The second kappa shape index (κ2) is 7.04. The van der Waals surface area contributed by atoms with E-state index in [2.05, 4.69) is 5.32 Å². The SMILES string of the molecule is COC(=O)C1=C(C)NC(C)=C(C(=O)OC)N1c1ccccc1[N+](=O)[O-]. The molecule has 0 spiro atoms. The van der Waals surface area contributed by atoms with Crippen LogP contribution in [0.5, 0.6) is 0 Å². The molecule has 0 radical (unpaired) electrons. The van der Waals surface area contributed by atoms with E-state index < -0.39 is 16.9 Å². The molecular formula is C16H17N3O6. The van der Waals surface area contributed by atoms with Gasteiger partial charge in [0.25, 0.3) is 5.69 Å². The number of para-hydroxylation sites is 2. The van der Waals surface area contributed by atoms with Gasteiger partial charge in [-0.3, -0.25) is 15.0 Å². The van der Waals surface area contributed by atoms with Crippen molar-refractivity contribution < 1.29 is 24.0 Å². The quantitative estimate of drug-likeness (QED) is 0.499. The van der Waals surface area contributed by atoms with Crippen LogP contribution < -0.4 is 10.2 Å². The monoisotopic (exact) mass is 347 g/mol. The fourth-order valence-electron chi connectivity index (χ4n) is 2.58. The van der Waals surface area contributed by atoms with E-state index in [9.17, 15) is 19.7 Å². The second-order valence-electron chi connectivity index (χ2n) is 5.14. The van der Waals surface area contributed by atoms with Gasteiger partial charge in [-0.05, 0) is 19.9 Å². The zero-order chi connectivity index (χ0) is 18.7. The maximum Gasteiger partial charge on any atom is 0.356 e. The molecule has 1 aromatic rings. The summed E-state index contributed by atoms with van der Waals surface area (Å²) in [6.45, 7) is 3.21. The minimum Gasteiger partial charge on any atom is -0.464 e. The third-order valence-corrected chi connectivity index (χ3v) is 3.61. The third-order valence-electron chi connectivity index (χ3n) is 3.61. The third kappa shape index (κ3) is 3.16. The molecule has 1 heterocycles. The first kappa shape index (κ1) is 18.0. The van der Waals surface area contributed by atoms with Gasteiger partial charge in [0.05, 0.1) is 19.1 Å². The maximum absolute atomic E-state index is 12.3. The van der Waals surface area contributed by atoms with Gasteiger partial charge in [0.15, 0.2) is 11.4 Å². The number of methoxy groups -OCH3 is 2. The highest BCUT2D eigenvalue weighted by Gasteiger charge is 2.37. The summed E-state index contributed by atoms with van der Waals surface area (Å²) in [7, 11) is 2.37. The summed E-state index contributed by atoms with van der Waals surface area (Å²) in [5.41, 5.74) is 0.470. The van der Waals surface area contributed by atoms with Crippen molar-refractivity contribution in [2.24, 2.45) is 0 Å². The van der Waals surface area contributed by atoms with Crippen LogP contribution in [0.4, 0.5) is 11.4 Å². The maximum atomic E-state index is 12.3. The standard InChI is InChI=1S/C16H17N3O6/c1-9-13(15(20)24-3)18(14(10(2)17-9)16(21)25-4)11-7-5-6-8-12(11)19(22)23/h5-8,17H,1-4H3. The molecule has 0 fully saturated rings. The van der Waals surface area contributed by atoms with Crippen LogP contribution in [0.3, 0.4) is 0 Å². The number of nitro benzene ring substituents is 1. The van der Waals surface area contributed by atoms with Crippen LogP contribution in [0.1, 0.15) is 13.8 Å². The molecule has 0 aromatic heterocycles. The Morgan fingerprint density at radius 1 is 1.04 bits per heavy atom. The van der Waals surface area contributed by atoms with E-state index in [4.69, 9.17) is 9.47 Å². The summed E-state index contributed by atoms with van der Waals surface area (Å²) < 4.78 is 9.57. The summed E-state index contributed by atoms with van der Waals surface area (Å²) in [6.07, 6.45) is 0. The zero-order valence-electron chi connectivity index (χ0n) is 14.2. The van der Waals surface area contributed by atoms with Crippen molar-refractivity contribution in [3.63, 3.8) is 0 Å². The molecule has 1 aliphatic rings. The van der Waals surface area contributed by atoms with E-state index in [0.717, 1.165) is 0 Å². The van der Waals surface area contributed by atoms with Crippen molar-refractivity contribution in [3.8, 4) is 0 Å². The number of anilines is 1. The minimum atomic E-state index is -0.753. The van der Waals surface area contributed by atoms with Gasteiger partial charge in [-0.1, -0.05) is 12.1 Å². The Labute approximate surface area is 143 Å². The van der Waals surface area contributed by atoms with Crippen LogP contribution in [-0.2, 0) is 19.1 Å². The van der Waals surface area contributed by atoms with Crippen molar-refractivity contribution in [2.75, 3.05) is 19.1 Å². The Morgan fingerprint density at radius 3 is 1.96 bits per heavy atom. The Hall–Kier alpha value is -3.36. The smallest absolute Gasteiger partial charge is 0.356 e. The number of benzene rings is 1. The number of nitrogens with zero attached hydrogens (tertiary/aromatic N) is 2. The number of hydrogen-bond donors (Lipinski definition) is 1. The molecule has 0 aliphatic carbocycles. The largest absolute Gasteiger partial charge is 0.464 e. The van der Waals surface area contributed by atoms with Crippen molar-refractivity contribution in [1.29, 1.82) is 0 Å². The molecule has 1 N–H and O–H groups in total. The molecule has 1 aromatic carbocycles. The molecule has 0 unspecified atom stereocenters. The number of nitro groups is 1. The lowest BCUT2D eigenvalue weighted by atomic mass is 10.1. The fraction of sp³-hybridized carbons (Fsp3) is 0.250. The van der Waals surface area contributed by atoms with E-state index in [1.54, 1.807) is 19.9 Å². The van der Waals surface area contributed by atoms with Crippen LogP contribution in [0.2, 0.25) is 0 Å². The van der Waals surface area contributed by atoms with Gasteiger partial charge in [0.2, 0.25) is 0 Å². The molecule has 132 valence electrons. The van der Waals surface area contributed by atoms with Crippen LogP contribution in [0.25, 0.3) is 0 Å². The first-order valence-corrected chi connectivity index (χ1v) is 7.22. The average Bonchev–Trinajstić information content (AvgIpc) is 2.59. The number of carbonyl (C=O) groups excluding carboxylic acids is 2. The van der Waals surface area contributed by atoms with Crippen LogP contribution in [-0.4, -0.2) is 31.1 Å². The minimum absolute atomic E-state index is 0.0391. The first-order chi connectivity index (χ1) is 11.8. The number of esters is 2. The summed E-state index contributed by atoms with van der Waals surface area (Å²) in [5, 5.41) is 14.3. The Balaban J connectivity index is 2.80. The van der Waals surface area contributed by atoms with Crippen LogP contribution in [0, 0.1) is 10.1 Å². The summed E-state index contributed by atoms with van der Waals surface area (Å²) in [4.78, 5) is 36.6. The van der Waals surface area contributed by atoms with E-state index in [0.29, 0.717) is 11.4 Å². The molecule has 9 nitrogen and oxygen atoms in total. The molecule has 0 saturated heterocycles. The van der Waals surface area contributed by atoms with E-state index in [1.165, 1.54) is 37.3 Å². The number of nitrogens with one attached hydrogen (secondary N) is 1. The summed E-state index contributed by atoms with van der Waals surface area (Å²) >= 11 is 0. The number of carbonyl (C=O) groups is 2. The molecule has 25 heavy (non-hydrogen) atoms. The Bertz CT molecular complexity index is 774. The molecular weight excluding hydrogens is 330 g/mol. The Kier molecular flexibility index (Phi) is 5.06. The highest BCUT2D eigenvalue weighted by molar-refractivity contribution is 6.04. The van der Waals surface area contributed by atoms with Crippen molar-refractivity contribution in [2.45, 2.75) is 13.8 Å². The number of rotatable bonds is 4. The summed E-state index contributed by atoms with van der Waals surface area (Å²) in [5.74, 6) is -1.51.